The molecule has 2 aliphatic rings. The summed E-state index contributed by atoms with van der Waals surface area (Å²) in [6.07, 6.45) is 6.96. The second-order valence-corrected chi connectivity index (χ2v) is 4.51. The van der Waals surface area contributed by atoms with Gasteiger partial charge in [0, 0.05) is 19.8 Å². The zero-order valence-corrected chi connectivity index (χ0v) is 9.71. The van der Waals surface area contributed by atoms with Gasteiger partial charge >= 0.3 is 0 Å². The maximum absolute atomic E-state index is 8.00. The molecule has 3 nitrogen and oxygen atoms in total. The van der Waals surface area contributed by atoms with Crippen LogP contribution in [0.1, 0.15) is 32.1 Å². The number of hydrogen-bond acceptors (Lipinski definition) is 3. The van der Waals surface area contributed by atoms with E-state index >= 15 is 0 Å². The quantitative estimate of drug-likeness (QED) is 0.757. The molecule has 1 saturated heterocycles. The number of carbonyl (C=O) groups is 1. The van der Waals surface area contributed by atoms with E-state index in [1.165, 1.54) is 38.6 Å². The minimum absolute atomic E-state index is 0.808. The molecule has 1 saturated carbocycles. The Balaban J connectivity index is 0.000000531. The van der Waals surface area contributed by atoms with Crippen molar-refractivity contribution in [2.24, 2.45) is 11.8 Å². The van der Waals surface area contributed by atoms with Gasteiger partial charge in [-0.2, -0.15) is 0 Å². The van der Waals surface area contributed by atoms with E-state index in [0.29, 0.717) is 0 Å². The molecule has 1 N–H and O–H groups in total. The number of nitrogens with one attached hydrogen (secondary N) is 1. The summed E-state index contributed by atoms with van der Waals surface area (Å²) in [6, 6.07) is 0.808. The zero-order chi connectivity index (χ0) is 11.1. The minimum atomic E-state index is 0.808. The standard InChI is InChI=1S/C11H21NO.CH2O/c1-13-8-9-4-2-6-11-10(9)5-3-7-12-11;1-2/h9-12H,2-8H2,1H3;1H2. The van der Waals surface area contributed by atoms with Crippen molar-refractivity contribution < 1.29 is 9.53 Å². The van der Waals surface area contributed by atoms with E-state index in [2.05, 4.69) is 5.32 Å². The van der Waals surface area contributed by atoms with E-state index in [1.54, 1.807) is 0 Å². The molecule has 0 aromatic carbocycles. The first-order valence-corrected chi connectivity index (χ1v) is 5.93. The molecular weight excluding hydrogens is 190 g/mol. The molecule has 0 radical (unpaired) electrons. The highest BCUT2D eigenvalue weighted by Gasteiger charge is 2.34. The predicted molar refractivity (Wildman–Crippen MR) is 60.9 cm³/mol. The van der Waals surface area contributed by atoms with Crippen molar-refractivity contribution in [2.45, 2.75) is 38.1 Å². The van der Waals surface area contributed by atoms with Crippen LogP contribution in [-0.2, 0) is 9.53 Å². The highest BCUT2D eigenvalue weighted by Crippen LogP contribution is 2.35. The fourth-order valence-corrected chi connectivity index (χ4v) is 3.09. The average Bonchev–Trinajstić information content (AvgIpc) is 2.33. The first kappa shape index (κ1) is 12.7. The average molecular weight is 213 g/mol. The normalized spacial score (nSPS) is 34.9. The van der Waals surface area contributed by atoms with Crippen molar-refractivity contribution in [3.8, 4) is 0 Å². The molecule has 15 heavy (non-hydrogen) atoms. The Morgan fingerprint density at radius 1 is 1.27 bits per heavy atom. The molecule has 3 heteroatoms. The lowest BCUT2D eigenvalue weighted by Gasteiger charge is -2.41. The van der Waals surface area contributed by atoms with Crippen molar-refractivity contribution in [1.82, 2.24) is 5.32 Å². The van der Waals surface area contributed by atoms with Crippen LogP contribution in [0.3, 0.4) is 0 Å². The van der Waals surface area contributed by atoms with E-state index in [9.17, 15) is 0 Å². The topological polar surface area (TPSA) is 38.3 Å². The van der Waals surface area contributed by atoms with E-state index < -0.39 is 0 Å². The van der Waals surface area contributed by atoms with Gasteiger partial charge in [0.1, 0.15) is 6.79 Å². The van der Waals surface area contributed by atoms with Crippen molar-refractivity contribution in [2.75, 3.05) is 20.3 Å². The van der Waals surface area contributed by atoms with Gasteiger partial charge in [-0.05, 0) is 44.1 Å². The zero-order valence-electron chi connectivity index (χ0n) is 9.71. The van der Waals surface area contributed by atoms with Gasteiger partial charge in [0.2, 0.25) is 0 Å². The van der Waals surface area contributed by atoms with Crippen LogP contribution in [0.25, 0.3) is 0 Å². The third-order valence-electron chi connectivity index (χ3n) is 3.71. The smallest absolute Gasteiger partial charge is 0.106 e. The molecule has 2 fully saturated rings. The van der Waals surface area contributed by atoms with Crippen LogP contribution < -0.4 is 5.32 Å². The molecule has 0 aromatic heterocycles. The molecule has 1 heterocycles. The Hall–Kier alpha value is -0.410. The summed E-state index contributed by atoms with van der Waals surface area (Å²) in [5, 5.41) is 3.65. The molecular formula is C12H23NO2. The van der Waals surface area contributed by atoms with Crippen LogP contribution >= 0.6 is 0 Å². The van der Waals surface area contributed by atoms with E-state index in [1.807, 2.05) is 13.9 Å². The Morgan fingerprint density at radius 3 is 2.80 bits per heavy atom. The van der Waals surface area contributed by atoms with Crippen LogP contribution in [0.5, 0.6) is 0 Å². The third kappa shape index (κ3) is 3.28. The second kappa shape index (κ2) is 6.96. The minimum Gasteiger partial charge on any atom is -0.384 e. The van der Waals surface area contributed by atoms with Gasteiger partial charge in [0.25, 0.3) is 0 Å². The first-order chi connectivity index (χ1) is 7.42. The summed E-state index contributed by atoms with van der Waals surface area (Å²) < 4.78 is 5.30. The fraction of sp³-hybridized carbons (Fsp3) is 0.917. The fourth-order valence-electron chi connectivity index (χ4n) is 3.09. The highest BCUT2D eigenvalue weighted by atomic mass is 16.5. The van der Waals surface area contributed by atoms with Gasteiger partial charge in [-0.25, -0.2) is 0 Å². The van der Waals surface area contributed by atoms with Crippen LogP contribution in [0.15, 0.2) is 0 Å². The van der Waals surface area contributed by atoms with Gasteiger partial charge < -0.3 is 14.8 Å². The molecule has 1 aliphatic carbocycles. The van der Waals surface area contributed by atoms with Crippen LogP contribution in [-0.4, -0.2) is 33.1 Å². The first-order valence-electron chi connectivity index (χ1n) is 5.93. The Morgan fingerprint density at radius 2 is 2.07 bits per heavy atom. The SMILES string of the molecule is C=O.COCC1CCCC2NCCCC12. The maximum Gasteiger partial charge on any atom is 0.106 e. The van der Waals surface area contributed by atoms with E-state index in [4.69, 9.17) is 9.53 Å². The van der Waals surface area contributed by atoms with Crippen LogP contribution in [0.2, 0.25) is 0 Å². The number of ether oxygens (including phenoxy) is 1. The molecule has 2 rings (SSSR count). The number of hydrogen-bond donors (Lipinski definition) is 1. The Kier molecular flexibility index (Phi) is 5.88. The van der Waals surface area contributed by atoms with Gasteiger partial charge in [-0.1, -0.05) is 6.42 Å². The molecule has 0 spiro atoms. The number of methoxy groups -OCH3 is 1. The Bertz CT molecular complexity index is 171. The van der Waals surface area contributed by atoms with Crippen molar-refractivity contribution in [3.63, 3.8) is 0 Å². The highest BCUT2D eigenvalue weighted by molar-refractivity contribution is 5.11. The van der Waals surface area contributed by atoms with Crippen LogP contribution in [0, 0.1) is 11.8 Å². The lowest BCUT2D eigenvalue weighted by atomic mass is 9.72. The van der Waals surface area contributed by atoms with E-state index in [0.717, 1.165) is 24.5 Å². The third-order valence-corrected chi connectivity index (χ3v) is 3.71. The molecule has 88 valence electrons. The number of fused-ring (bicyclic) bond motifs is 1. The molecule has 1 aliphatic heterocycles. The summed E-state index contributed by atoms with van der Waals surface area (Å²) in [7, 11) is 1.83. The molecule has 3 atom stereocenters. The Labute approximate surface area is 92.6 Å². The summed E-state index contributed by atoms with van der Waals surface area (Å²) >= 11 is 0. The number of carbonyl (C=O) groups excluding carboxylic acids is 1. The van der Waals surface area contributed by atoms with Gasteiger partial charge in [0.15, 0.2) is 0 Å². The molecule has 0 aromatic rings. The number of rotatable bonds is 2. The monoisotopic (exact) mass is 213 g/mol. The van der Waals surface area contributed by atoms with Crippen molar-refractivity contribution in [1.29, 1.82) is 0 Å². The summed E-state index contributed by atoms with van der Waals surface area (Å²) in [5.41, 5.74) is 0. The second-order valence-electron chi connectivity index (χ2n) is 4.51. The molecule has 3 unspecified atom stereocenters. The van der Waals surface area contributed by atoms with Crippen LogP contribution in [0.4, 0.5) is 0 Å². The lowest BCUT2D eigenvalue weighted by molar-refractivity contribution is -0.0979. The molecule has 0 bridgehead atoms. The number of piperidine rings is 1. The largest absolute Gasteiger partial charge is 0.384 e. The summed E-state index contributed by atoms with van der Waals surface area (Å²) in [6.45, 7) is 4.21. The van der Waals surface area contributed by atoms with Gasteiger partial charge in [-0.3, -0.25) is 0 Å². The van der Waals surface area contributed by atoms with Gasteiger partial charge in [0.05, 0.1) is 0 Å². The maximum atomic E-state index is 8.00. The van der Waals surface area contributed by atoms with Crippen molar-refractivity contribution >= 4 is 6.79 Å². The van der Waals surface area contributed by atoms with E-state index in [-0.39, 0.29) is 0 Å². The predicted octanol–water partition coefficient (Wildman–Crippen LogP) is 1.62. The summed E-state index contributed by atoms with van der Waals surface area (Å²) in [5.74, 6) is 1.74. The van der Waals surface area contributed by atoms with Crippen molar-refractivity contribution in [3.05, 3.63) is 0 Å². The summed E-state index contributed by atoms with van der Waals surface area (Å²) in [4.78, 5) is 8.00. The lowest BCUT2D eigenvalue weighted by Crippen LogP contribution is -2.47. The van der Waals surface area contributed by atoms with Gasteiger partial charge in [-0.15, -0.1) is 0 Å². The molecule has 0 amide bonds.